The van der Waals surface area contributed by atoms with E-state index < -0.39 is 74.2 Å². The monoisotopic (exact) mass is 854 g/mol. The highest BCUT2D eigenvalue weighted by Crippen LogP contribution is 2.23. The van der Waals surface area contributed by atoms with Crippen LogP contribution in [0.2, 0.25) is 0 Å². The Kier molecular flexibility index (Phi) is 36.6. The van der Waals surface area contributed by atoms with Crippen molar-refractivity contribution in [1.82, 2.24) is 5.32 Å². The van der Waals surface area contributed by atoms with E-state index >= 15 is 0 Å². The maximum Gasteiger partial charge on any atom is 0.249 e. The van der Waals surface area contributed by atoms with Crippen LogP contribution in [-0.2, 0) is 14.3 Å². The van der Waals surface area contributed by atoms with Gasteiger partial charge in [-0.3, -0.25) is 4.79 Å². The van der Waals surface area contributed by atoms with Crippen molar-refractivity contribution in [3.63, 3.8) is 0 Å². The maximum atomic E-state index is 13.1. The predicted octanol–water partition coefficient (Wildman–Crippen LogP) is 8.39. The fourth-order valence-corrected chi connectivity index (χ4v) is 7.57. The molecule has 8 N–H and O–H groups in total. The summed E-state index contributed by atoms with van der Waals surface area (Å²) in [4.78, 5) is 13.1. The summed E-state index contributed by atoms with van der Waals surface area (Å²) in [6, 6.07) is -1.19. The highest BCUT2D eigenvalue weighted by Gasteiger charge is 2.44. The molecule has 11 heteroatoms. The Bertz CT molecular complexity index is 1070. The van der Waals surface area contributed by atoms with Crippen molar-refractivity contribution in [1.29, 1.82) is 0 Å². The largest absolute Gasteiger partial charge is 0.394 e. The normalized spacial score (nSPS) is 21.9. The van der Waals surface area contributed by atoms with Gasteiger partial charge in [-0.2, -0.15) is 0 Å². The minimum Gasteiger partial charge on any atom is -0.394 e. The van der Waals surface area contributed by atoms with E-state index in [1.54, 1.807) is 0 Å². The third-order valence-corrected chi connectivity index (χ3v) is 11.6. The Morgan fingerprint density at radius 3 is 1.52 bits per heavy atom. The van der Waals surface area contributed by atoms with Crippen molar-refractivity contribution in [3.8, 4) is 0 Å². The van der Waals surface area contributed by atoms with Crippen molar-refractivity contribution in [3.05, 3.63) is 36.5 Å². The zero-order valence-corrected chi connectivity index (χ0v) is 37.9. The molecule has 0 aromatic carbocycles. The van der Waals surface area contributed by atoms with Gasteiger partial charge >= 0.3 is 0 Å². The number of amides is 1. The standard InChI is InChI=1S/C49H91NO10/c1-3-5-7-9-11-13-15-17-18-19-20-21-22-23-24-25-27-29-31-33-35-37-42(53)48(58)50-40(39-59-49-47(57)46(56)45(55)43(38-51)60-49)44(54)41(52)36-34-32-30-28-26-16-14-12-10-8-6-4-2/h12,14,22-23,28,30,40-47,49,51-57H,3-11,13,15-21,24-27,29,31-39H2,1-2H3,(H,50,58)/b14-12+,23-22-,30-28+. The number of aliphatic hydroxyl groups excluding tert-OH is 7. The average Bonchev–Trinajstić information content (AvgIpc) is 3.25. The first-order valence-electron chi connectivity index (χ1n) is 24.4. The zero-order chi connectivity index (χ0) is 44.1. The lowest BCUT2D eigenvalue weighted by molar-refractivity contribution is -0.303. The summed E-state index contributed by atoms with van der Waals surface area (Å²) in [6.45, 7) is 3.38. The number of unbranched alkanes of at least 4 members (excludes halogenated alkanes) is 22. The van der Waals surface area contributed by atoms with E-state index in [2.05, 4.69) is 55.6 Å². The third-order valence-electron chi connectivity index (χ3n) is 11.6. The molecule has 1 fully saturated rings. The molecule has 1 rings (SSSR count). The second-order valence-corrected chi connectivity index (χ2v) is 17.2. The molecular weight excluding hydrogens is 763 g/mol. The fraction of sp³-hybridized carbons (Fsp3) is 0.857. The van der Waals surface area contributed by atoms with Crippen LogP contribution >= 0.6 is 0 Å². The molecule has 0 aromatic rings. The third kappa shape index (κ3) is 28.1. The van der Waals surface area contributed by atoms with Crippen molar-refractivity contribution < 1.29 is 50.0 Å². The van der Waals surface area contributed by atoms with E-state index in [1.807, 2.05) is 0 Å². The minimum atomic E-state index is -1.67. The molecule has 0 saturated carbocycles. The quantitative estimate of drug-likeness (QED) is 0.0220. The predicted molar refractivity (Wildman–Crippen MR) is 242 cm³/mol. The summed E-state index contributed by atoms with van der Waals surface area (Å²) in [6.07, 6.45) is 33.4. The van der Waals surface area contributed by atoms with Gasteiger partial charge in [0.15, 0.2) is 6.29 Å². The molecule has 1 amide bonds. The summed E-state index contributed by atoms with van der Waals surface area (Å²) in [5.74, 6) is -0.717. The number of hydrogen-bond donors (Lipinski definition) is 8. The van der Waals surface area contributed by atoms with Crippen LogP contribution in [0.15, 0.2) is 36.5 Å². The van der Waals surface area contributed by atoms with E-state index in [9.17, 15) is 40.5 Å². The molecule has 1 heterocycles. The van der Waals surface area contributed by atoms with Gasteiger partial charge in [-0.15, -0.1) is 0 Å². The topological polar surface area (TPSA) is 189 Å². The summed E-state index contributed by atoms with van der Waals surface area (Å²) in [5.41, 5.74) is 0. The molecule has 0 radical (unpaired) electrons. The van der Waals surface area contributed by atoms with Gasteiger partial charge < -0.3 is 50.5 Å². The summed E-state index contributed by atoms with van der Waals surface area (Å²) in [5, 5.41) is 75.6. The SMILES string of the molecule is CCCCC/C=C/CC/C=C/CCCC(O)C(O)C(COC1OC(CO)C(O)C(O)C1O)NC(=O)C(O)CCCCCCCC/C=C\CCCCCCCCCCCCC. The Balaban J connectivity index is 2.41. The molecule has 1 aliphatic heterocycles. The van der Waals surface area contributed by atoms with Gasteiger partial charge in [-0.1, -0.05) is 159 Å². The van der Waals surface area contributed by atoms with Gasteiger partial charge in [0, 0.05) is 0 Å². The number of hydrogen-bond acceptors (Lipinski definition) is 10. The van der Waals surface area contributed by atoms with Gasteiger partial charge in [0.05, 0.1) is 25.4 Å². The molecule has 0 spiro atoms. The average molecular weight is 854 g/mol. The number of ether oxygens (including phenoxy) is 2. The molecule has 352 valence electrons. The number of allylic oxidation sites excluding steroid dienone is 6. The van der Waals surface area contributed by atoms with Crippen molar-refractivity contribution >= 4 is 5.91 Å². The summed E-state index contributed by atoms with van der Waals surface area (Å²) >= 11 is 0. The van der Waals surface area contributed by atoms with Gasteiger partial charge in [-0.05, 0) is 77.0 Å². The number of aliphatic hydroxyl groups is 7. The Labute approximate surface area is 365 Å². The van der Waals surface area contributed by atoms with Crippen molar-refractivity contribution in [2.75, 3.05) is 13.2 Å². The zero-order valence-electron chi connectivity index (χ0n) is 37.9. The van der Waals surface area contributed by atoms with Gasteiger partial charge in [0.2, 0.25) is 5.91 Å². The molecular formula is C49H91NO10. The van der Waals surface area contributed by atoms with Gasteiger partial charge in [0.1, 0.15) is 36.6 Å². The van der Waals surface area contributed by atoms with Crippen LogP contribution in [0.1, 0.15) is 200 Å². The Morgan fingerprint density at radius 2 is 1.00 bits per heavy atom. The highest BCUT2D eigenvalue weighted by atomic mass is 16.7. The van der Waals surface area contributed by atoms with Crippen molar-refractivity contribution in [2.24, 2.45) is 0 Å². The lowest BCUT2D eigenvalue weighted by Crippen LogP contribution is -2.60. The maximum absolute atomic E-state index is 13.1. The van der Waals surface area contributed by atoms with E-state index in [4.69, 9.17) is 9.47 Å². The molecule has 1 saturated heterocycles. The van der Waals surface area contributed by atoms with Gasteiger partial charge in [-0.25, -0.2) is 0 Å². The van der Waals surface area contributed by atoms with E-state index in [1.165, 1.54) is 96.3 Å². The van der Waals surface area contributed by atoms with Crippen LogP contribution in [0.4, 0.5) is 0 Å². The van der Waals surface area contributed by atoms with E-state index in [0.29, 0.717) is 19.3 Å². The number of carbonyl (C=O) groups is 1. The number of rotatable bonds is 40. The van der Waals surface area contributed by atoms with E-state index in [0.717, 1.165) is 57.8 Å². The van der Waals surface area contributed by atoms with Crippen LogP contribution in [0.25, 0.3) is 0 Å². The van der Waals surface area contributed by atoms with Crippen LogP contribution in [0.3, 0.4) is 0 Å². The smallest absolute Gasteiger partial charge is 0.249 e. The molecule has 1 aliphatic rings. The van der Waals surface area contributed by atoms with Crippen molar-refractivity contribution in [2.45, 2.75) is 255 Å². The van der Waals surface area contributed by atoms with E-state index in [-0.39, 0.29) is 12.8 Å². The minimum absolute atomic E-state index is 0.244. The van der Waals surface area contributed by atoms with Crippen LogP contribution < -0.4 is 5.32 Å². The molecule has 60 heavy (non-hydrogen) atoms. The summed E-state index contributed by atoms with van der Waals surface area (Å²) < 4.78 is 11.1. The summed E-state index contributed by atoms with van der Waals surface area (Å²) in [7, 11) is 0. The lowest BCUT2D eigenvalue weighted by atomic mass is 9.98. The number of carbonyl (C=O) groups excluding carboxylic acids is 1. The lowest BCUT2D eigenvalue weighted by Gasteiger charge is -2.40. The first kappa shape index (κ1) is 56.3. The Hall–Kier alpha value is -1.67. The first-order chi connectivity index (χ1) is 29.2. The molecule has 11 nitrogen and oxygen atoms in total. The van der Waals surface area contributed by atoms with Crippen LogP contribution in [0.5, 0.6) is 0 Å². The molecule has 9 atom stereocenters. The van der Waals surface area contributed by atoms with Gasteiger partial charge in [0.25, 0.3) is 0 Å². The molecule has 0 aromatic heterocycles. The molecule has 9 unspecified atom stereocenters. The second kappa shape index (κ2) is 39.0. The fourth-order valence-electron chi connectivity index (χ4n) is 7.57. The van der Waals surface area contributed by atoms with Crippen LogP contribution in [0, 0.1) is 0 Å². The second-order valence-electron chi connectivity index (χ2n) is 17.2. The Morgan fingerprint density at radius 1 is 0.567 bits per heavy atom. The number of nitrogens with one attached hydrogen (secondary N) is 1. The molecule has 0 bridgehead atoms. The first-order valence-corrected chi connectivity index (χ1v) is 24.4. The van der Waals surface area contributed by atoms with Crippen LogP contribution in [-0.4, -0.2) is 110 Å². The molecule has 0 aliphatic carbocycles. The highest BCUT2D eigenvalue weighted by molar-refractivity contribution is 5.80.